The Morgan fingerprint density at radius 2 is 2.05 bits per heavy atom. The Kier molecular flexibility index (Phi) is 6.63. The van der Waals surface area contributed by atoms with Gasteiger partial charge in [0.25, 0.3) is 0 Å². The van der Waals surface area contributed by atoms with Gasteiger partial charge in [-0.25, -0.2) is 0 Å². The Bertz CT molecular complexity index is 413. The van der Waals surface area contributed by atoms with Gasteiger partial charge in [-0.3, -0.25) is 9.59 Å². The summed E-state index contributed by atoms with van der Waals surface area (Å²) in [6.07, 6.45) is 1.72. The highest BCUT2D eigenvalue weighted by Crippen LogP contribution is 2.29. The Morgan fingerprint density at radius 1 is 1.38 bits per heavy atom. The summed E-state index contributed by atoms with van der Waals surface area (Å²) in [6.45, 7) is 7.15. The summed E-state index contributed by atoms with van der Waals surface area (Å²) in [5.74, 6) is -0.459. The largest absolute Gasteiger partial charge is 0.377 e. The van der Waals surface area contributed by atoms with Crippen LogP contribution in [0.25, 0.3) is 0 Å². The van der Waals surface area contributed by atoms with Crippen LogP contribution in [-0.4, -0.2) is 49.1 Å². The lowest BCUT2D eigenvalue weighted by molar-refractivity contribution is -0.154. The minimum Gasteiger partial charge on any atom is -0.377 e. The molecule has 1 heterocycles. The van der Waals surface area contributed by atoms with Gasteiger partial charge in [0.1, 0.15) is 11.5 Å². The van der Waals surface area contributed by atoms with E-state index in [2.05, 4.69) is 11.4 Å². The van der Waals surface area contributed by atoms with Gasteiger partial charge in [0.05, 0.1) is 19.3 Å². The lowest BCUT2D eigenvalue weighted by atomic mass is 9.82. The van der Waals surface area contributed by atoms with Crippen molar-refractivity contribution in [3.8, 4) is 6.07 Å². The third kappa shape index (κ3) is 3.73. The van der Waals surface area contributed by atoms with Crippen LogP contribution in [0.4, 0.5) is 0 Å². The van der Waals surface area contributed by atoms with E-state index in [1.165, 1.54) is 4.90 Å². The van der Waals surface area contributed by atoms with Crippen LogP contribution < -0.4 is 5.32 Å². The fraction of sp³-hybridized carbons (Fsp3) is 0.800. The smallest absolute Gasteiger partial charge is 0.245 e. The molecule has 0 aromatic carbocycles. The molecular weight excluding hydrogens is 270 g/mol. The van der Waals surface area contributed by atoms with Gasteiger partial charge in [0, 0.05) is 13.1 Å². The van der Waals surface area contributed by atoms with Crippen molar-refractivity contribution < 1.29 is 14.3 Å². The number of hydrogen-bond acceptors (Lipinski definition) is 4. The zero-order valence-corrected chi connectivity index (χ0v) is 13.1. The van der Waals surface area contributed by atoms with E-state index in [4.69, 9.17) is 4.74 Å². The predicted octanol–water partition coefficient (Wildman–Crippen LogP) is 1.07. The summed E-state index contributed by atoms with van der Waals surface area (Å²) in [4.78, 5) is 26.5. The van der Waals surface area contributed by atoms with Gasteiger partial charge >= 0.3 is 0 Å². The quantitative estimate of drug-likeness (QED) is 0.794. The lowest BCUT2D eigenvalue weighted by Crippen LogP contribution is -2.59. The van der Waals surface area contributed by atoms with Crippen LogP contribution in [0.1, 0.15) is 40.0 Å². The van der Waals surface area contributed by atoms with Gasteiger partial charge < -0.3 is 15.0 Å². The molecule has 6 nitrogen and oxygen atoms in total. The van der Waals surface area contributed by atoms with Crippen molar-refractivity contribution >= 4 is 11.8 Å². The molecule has 1 unspecified atom stereocenters. The molecule has 0 radical (unpaired) electrons. The van der Waals surface area contributed by atoms with Crippen molar-refractivity contribution in [2.75, 3.05) is 26.3 Å². The first-order valence-corrected chi connectivity index (χ1v) is 7.64. The molecule has 6 heteroatoms. The average Bonchev–Trinajstić information content (AvgIpc) is 2.54. The van der Waals surface area contributed by atoms with Gasteiger partial charge in [0.2, 0.25) is 11.8 Å². The Labute approximate surface area is 126 Å². The standard InChI is InChI=1S/C15H25N3O3/c1-4-7-17-13(19)12-10-21-9-8-18(12)14(20)15(5-2,6-3)11-16/h12H,4-10H2,1-3H3,(H,17,19). The number of nitriles is 1. The van der Waals surface area contributed by atoms with Gasteiger partial charge in [-0.2, -0.15) is 5.26 Å². The highest BCUT2D eigenvalue weighted by atomic mass is 16.5. The van der Waals surface area contributed by atoms with E-state index in [1.54, 1.807) is 0 Å². The molecule has 1 rings (SSSR count). The molecule has 0 saturated carbocycles. The molecule has 1 atom stereocenters. The first kappa shape index (κ1) is 17.4. The van der Waals surface area contributed by atoms with Gasteiger partial charge in [-0.1, -0.05) is 20.8 Å². The van der Waals surface area contributed by atoms with Crippen molar-refractivity contribution in [2.45, 2.75) is 46.1 Å². The van der Waals surface area contributed by atoms with Crippen molar-refractivity contribution in [2.24, 2.45) is 5.41 Å². The molecule has 118 valence electrons. The van der Waals surface area contributed by atoms with Crippen molar-refractivity contribution in [3.05, 3.63) is 0 Å². The second-order valence-corrected chi connectivity index (χ2v) is 5.28. The third-order valence-electron chi connectivity index (χ3n) is 4.07. The first-order valence-electron chi connectivity index (χ1n) is 7.64. The van der Waals surface area contributed by atoms with Crippen LogP contribution in [0.15, 0.2) is 0 Å². The number of amides is 2. The Morgan fingerprint density at radius 3 is 2.57 bits per heavy atom. The maximum atomic E-state index is 12.8. The second kappa shape index (κ2) is 7.99. The number of nitrogens with one attached hydrogen (secondary N) is 1. The van der Waals surface area contributed by atoms with Crippen LogP contribution >= 0.6 is 0 Å². The number of carbonyl (C=O) groups is 2. The molecule has 0 aromatic rings. The monoisotopic (exact) mass is 295 g/mol. The number of ether oxygens (including phenoxy) is 1. The molecule has 1 N–H and O–H groups in total. The van der Waals surface area contributed by atoms with E-state index >= 15 is 0 Å². The fourth-order valence-corrected chi connectivity index (χ4v) is 2.46. The number of nitrogens with zero attached hydrogens (tertiary/aromatic N) is 2. The van der Waals surface area contributed by atoms with Gasteiger partial charge in [0.15, 0.2) is 0 Å². The molecule has 0 spiro atoms. The highest BCUT2D eigenvalue weighted by Gasteiger charge is 2.43. The van der Waals surface area contributed by atoms with Gasteiger partial charge in [-0.15, -0.1) is 0 Å². The minimum atomic E-state index is -1.04. The van der Waals surface area contributed by atoms with E-state index < -0.39 is 11.5 Å². The number of rotatable bonds is 6. The molecule has 2 amide bonds. The maximum Gasteiger partial charge on any atom is 0.245 e. The van der Waals surface area contributed by atoms with E-state index in [0.29, 0.717) is 32.5 Å². The van der Waals surface area contributed by atoms with Crippen molar-refractivity contribution in [1.29, 1.82) is 5.26 Å². The topological polar surface area (TPSA) is 82.4 Å². The normalized spacial score (nSPS) is 19.0. The SMILES string of the molecule is CCCNC(=O)C1COCCN1C(=O)C(C#N)(CC)CC. The van der Waals surface area contributed by atoms with Crippen LogP contribution in [0.3, 0.4) is 0 Å². The second-order valence-electron chi connectivity index (χ2n) is 5.28. The molecule has 0 aliphatic carbocycles. The molecule has 1 fully saturated rings. The van der Waals surface area contributed by atoms with Crippen molar-refractivity contribution in [1.82, 2.24) is 10.2 Å². The molecule has 1 aliphatic rings. The summed E-state index contributed by atoms with van der Waals surface area (Å²) < 4.78 is 5.34. The van der Waals surface area contributed by atoms with Crippen LogP contribution in [0.5, 0.6) is 0 Å². The van der Waals surface area contributed by atoms with E-state index in [-0.39, 0.29) is 18.4 Å². The summed E-state index contributed by atoms with van der Waals surface area (Å²) in [5.41, 5.74) is -1.04. The Hall–Kier alpha value is -1.61. The van der Waals surface area contributed by atoms with E-state index in [1.807, 2.05) is 20.8 Å². The zero-order chi connectivity index (χ0) is 15.9. The summed E-state index contributed by atoms with van der Waals surface area (Å²) in [6, 6.07) is 1.52. The average molecular weight is 295 g/mol. The predicted molar refractivity (Wildman–Crippen MR) is 78.2 cm³/mol. The number of hydrogen-bond donors (Lipinski definition) is 1. The minimum absolute atomic E-state index is 0.191. The molecule has 0 aromatic heterocycles. The fourth-order valence-electron chi connectivity index (χ4n) is 2.46. The Balaban J connectivity index is 2.93. The summed E-state index contributed by atoms with van der Waals surface area (Å²) in [7, 11) is 0. The number of morpholine rings is 1. The highest BCUT2D eigenvalue weighted by molar-refractivity contribution is 5.91. The summed E-state index contributed by atoms with van der Waals surface area (Å²) >= 11 is 0. The zero-order valence-electron chi connectivity index (χ0n) is 13.1. The van der Waals surface area contributed by atoms with Crippen molar-refractivity contribution in [3.63, 3.8) is 0 Å². The van der Waals surface area contributed by atoms with Gasteiger partial charge in [-0.05, 0) is 19.3 Å². The molecule has 21 heavy (non-hydrogen) atoms. The maximum absolute atomic E-state index is 12.8. The molecular formula is C15H25N3O3. The first-order chi connectivity index (χ1) is 10.1. The van der Waals surface area contributed by atoms with E-state index in [0.717, 1.165) is 6.42 Å². The van der Waals surface area contributed by atoms with Crippen LogP contribution in [0, 0.1) is 16.7 Å². The summed E-state index contributed by atoms with van der Waals surface area (Å²) in [5, 5.41) is 12.2. The third-order valence-corrected chi connectivity index (χ3v) is 4.07. The number of carbonyl (C=O) groups excluding carboxylic acids is 2. The molecule has 1 aliphatic heterocycles. The van der Waals surface area contributed by atoms with E-state index in [9.17, 15) is 14.9 Å². The lowest BCUT2D eigenvalue weighted by Gasteiger charge is -2.38. The molecule has 0 bridgehead atoms. The molecule has 1 saturated heterocycles. The van der Waals surface area contributed by atoms with Crippen LogP contribution in [-0.2, 0) is 14.3 Å². The van der Waals surface area contributed by atoms with Crippen LogP contribution in [0.2, 0.25) is 0 Å².